The molecule has 1 amide bonds. The maximum atomic E-state index is 13.0. The minimum absolute atomic E-state index is 0.189. The summed E-state index contributed by atoms with van der Waals surface area (Å²) >= 11 is 1.63. The number of thioether (sulfide) groups is 1. The smallest absolute Gasteiger partial charge is 0.244 e. The van der Waals surface area contributed by atoms with Crippen molar-refractivity contribution >= 4 is 33.4 Å². The minimum atomic E-state index is -3.59. The molecule has 2 aromatic rings. The Labute approximate surface area is 152 Å². The lowest BCUT2D eigenvalue weighted by Crippen LogP contribution is -2.30. The number of carbonyl (C=O) groups is 1. The number of rotatable bonds is 4. The van der Waals surface area contributed by atoms with Crippen LogP contribution < -0.4 is 5.32 Å². The normalized spacial score (nSPS) is 18.2. The van der Waals surface area contributed by atoms with E-state index in [1.165, 1.54) is 19.1 Å². The highest BCUT2D eigenvalue weighted by Crippen LogP contribution is 2.41. The molecule has 1 atom stereocenters. The summed E-state index contributed by atoms with van der Waals surface area (Å²) in [6, 6.07) is 14.3. The summed E-state index contributed by atoms with van der Waals surface area (Å²) in [4.78, 5) is 11.3. The second-order valence-corrected chi connectivity index (χ2v) is 9.03. The molecule has 1 fully saturated rings. The van der Waals surface area contributed by atoms with E-state index >= 15 is 0 Å². The van der Waals surface area contributed by atoms with Gasteiger partial charge >= 0.3 is 0 Å². The first-order chi connectivity index (χ1) is 11.9. The Bertz CT molecular complexity index is 862. The Kier molecular flexibility index (Phi) is 5.17. The molecule has 0 spiro atoms. The number of sulfonamides is 1. The number of nitrogens with one attached hydrogen (secondary N) is 1. The summed E-state index contributed by atoms with van der Waals surface area (Å²) in [5.41, 5.74) is 2.72. The van der Waals surface area contributed by atoms with Gasteiger partial charge in [0.2, 0.25) is 15.9 Å². The van der Waals surface area contributed by atoms with Crippen molar-refractivity contribution < 1.29 is 13.2 Å². The van der Waals surface area contributed by atoms with E-state index in [0.29, 0.717) is 12.2 Å². The molecule has 1 aliphatic rings. The van der Waals surface area contributed by atoms with E-state index in [0.717, 1.165) is 16.9 Å². The molecule has 0 radical (unpaired) electrons. The molecular formula is C18H20N2O3S2. The van der Waals surface area contributed by atoms with E-state index in [-0.39, 0.29) is 16.2 Å². The number of nitrogens with zero attached hydrogens (tertiary/aromatic N) is 1. The highest BCUT2D eigenvalue weighted by Gasteiger charge is 2.36. The Morgan fingerprint density at radius 3 is 2.36 bits per heavy atom. The molecule has 3 rings (SSSR count). The third-order valence-electron chi connectivity index (χ3n) is 3.99. The SMILES string of the molecule is CC(=O)Nc1ccc(S(=O)(=O)N2CCS[C@H]2c2ccc(C)cc2)cc1. The molecule has 0 aliphatic carbocycles. The third kappa shape index (κ3) is 3.89. The van der Waals surface area contributed by atoms with Gasteiger partial charge in [0.1, 0.15) is 0 Å². The van der Waals surface area contributed by atoms with Crippen LogP contribution >= 0.6 is 11.8 Å². The van der Waals surface area contributed by atoms with Crippen molar-refractivity contribution in [1.82, 2.24) is 4.31 Å². The van der Waals surface area contributed by atoms with Crippen molar-refractivity contribution in [1.29, 1.82) is 0 Å². The molecule has 0 saturated carbocycles. The zero-order valence-corrected chi connectivity index (χ0v) is 15.7. The Morgan fingerprint density at radius 1 is 1.12 bits per heavy atom. The number of hydrogen-bond acceptors (Lipinski definition) is 4. The second-order valence-electron chi connectivity index (χ2n) is 5.96. The zero-order chi connectivity index (χ0) is 18.0. The molecule has 5 nitrogen and oxygen atoms in total. The van der Waals surface area contributed by atoms with Gasteiger partial charge in [-0.3, -0.25) is 4.79 Å². The third-order valence-corrected chi connectivity index (χ3v) is 7.27. The highest BCUT2D eigenvalue weighted by atomic mass is 32.2. The van der Waals surface area contributed by atoms with E-state index in [1.54, 1.807) is 28.2 Å². The first-order valence-electron chi connectivity index (χ1n) is 7.95. The largest absolute Gasteiger partial charge is 0.326 e. The van der Waals surface area contributed by atoms with E-state index < -0.39 is 10.0 Å². The molecule has 25 heavy (non-hydrogen) atoms. The summed E-state index contributed by atoms with van der Waals surface area (Å²) < 4.78 is 27.6. The van der Waals surface area contributed by atoms with Gasteiger partial charge in [-0.25, -0.2) is 8.42 Å². The number of anilines is 1. The van der Waals surface area contributed by atoms with Crippen molar-refractivity contribution in [2.24, 2.45) is 0 Å². The Hall–Kier alpha value is -1.83. The summed E-state index contributed by atoms with van der Waals surface area (Å²) in [5, 5.41) is 2.43. The first-order valence-corrected chi connectivity index (χ1v) is 10.4. The van der Waals surface area contributed by atoms with Crippen LogP contribution in [0.1, 0.15) is 23.4 Å². The lowest BCUT2D eigenvalue weighted by atomic mass is 10.1. The van der Waals surface area contributed by atoms with Gasteiger partial charge in [0.25, 0.3) is 0 Å². The summed E-state index contributed by atoms with van der Waals surface area (Å²) in [6.07, 6.45) is 0. The van der Waals surface area contributed by atoms with Crippen LogP contribution in [0.15, 0.2) is 53.4 Å². The molecule has 2 aromatic carbocycles. The van der Waals surface area contributed by atoms with Crippen molar-refractivity contribution in [2.75, 3.05) is 17.6 Å². The molecule has 1 aliphatic heterocycles. The number of benzene rings is 2. The van der Waals surface area contributed by atoms with Crippen LogP contribution in [0.25, 0.3) is 0 Å². The fourth-order valence-corrected chi connectivity index (χ4v) is 5.98. The minimum Gasteiger partial charge on any atom is -0.326 e. The monoisotopic (exact) mass is 376 g/mol. The van der Waals surface area contributed by atoms with E-state index in [4.69, 9.17) is 0 Å². The van der Waals surface area contributed by atoms with Crippen molar-refractivity contribution in [2.45, 2.75) is 24.1 Å². The van der Waals surface area contributed by atoms with Crippen LogP contribution in [-0.2, 0) is 14.8 Å². The molecule has 0 bridgehead atoms. The zero-order valence-electron chi connectivity index (χ0n) is 14.1. The predicted octanol–water partition coefficient (Wildman–Crippen LogP) is 3.39. The van der Waals surface area contributed by atoms with Crippen LogP contribution in [0.5, 0.6) is 0 Å². The molecule has 1 saturated heterocycles. The fourth-order valence-electron chi connectivity index (χ4n) is 2.74. The lowest BCUT2D eigenvalue weighted by molar-refractivity contribution is -0.114. The standard InChI is InChI=1S/C18H20N2O3S2/c1-13-3-5-15(6-4-13)18-20(11-12-24-18)25(22,23)17-9-7-16(8-10-17)19-14(2)21/h3-10,18H,11-12H2,1-2H3,(H,19,21)/t18-/m0/s1. The van der Waals surface area contributed by atoms with Crippen LogP contribution in [-0.4, -0.2) is 30.9 Å². The van der Waals surface area contributed by atoms with Crippen LogP contribution in [0, 0.1) is 6.92 Å². The number of amides is 1. The maximum Gasteiger partial charge on any atom is 0.244 e. The van der Waals surface area contributed by atoms with Crippen LogP contribution in [0.2, 0.25) is 0 Å². The van der Waals surface area contributed by atoms with Crippen molar-refractivity contribution in [3.63, 3.8) is 0 Å². The lowest BCUT2D eigenvalue weighted by Gasteiger charge is -2.23. The van der Waals surface area contributed by atoms with Gasteiger partial charge in [0.05, 0.1) is 10.3 Å². The van der Waals surface area contributed by atoms with Gasteiger partial charge in [-0.15, -0.1) is 11.8 Å². The van der Waals surface area contributed by atoms with Crippen molar-refractivity contribution in [3.8, 4) is 0 Å². The average molecular weight is 377 g/mol. The number of aryl methyl sites for hydroxylation is 1. The average Bonchev–Trinajstić information content (AvgIpc) is 3.06. The summed E-state index contributed by atoms with van der Waals surface area (Å²) in [5.74, 6) is 0.577. The van der Waals surface area contributed by atoms with E-state index in [2.05, 4.69) is 5.32 Å². The van der Waals surface area contributed by atoms with E-state index in [9.17, 15) is 13.2 Å². The Balaban J connectivity index is 1.87. The molecule has 132 valence electrons. The molecule has 1 N–H and O–H groups in total. The predicted molar refractivity (Wildman–Crippen MR) is 101 cm³/mol. The molecule has 0 aromatic heterocycles. The Morgan fingerprint density at radius 2 is 1.76 bits per heavy atom. The van der Waals surface area contributed by atoms with Gasteiger partial charge in [-0.1, -0.05) is 29.8 Å². The topological polar surface area (TPSA) is 66.5 Å². The molecule has 1 heterocycles. The molecule has 7 heteroatoms. The number of hydrogen-bond donors (Lipinski definition) is 1. The highest BCUT2D eigenvalue weighted by molar-refractivity contribution is 8.01. The summed E-state index contributed by atoms with van der Waals surface area (Å²) in [6.45, 7) is 3.91. The van der Waals surface area contributed by atoms with Gasteiger partial charge < -0.3 is 5.32 Å². The van der Waals surface area contributed by atoms with Gasteiger partial charge in [-0.2, -0.15) is 4.31 Å². The second kappa shape index (κ2) is 7.19. The molecular weight excluding hydrogens is 356 g/mol. The van der Waals surface area contributed by atoms with Gasteiger partial charge in [-0.05, 0) is 36.8 Å². The first kappa shape index (κ1) is 18.0. The van der Waals surface area contributed by atoms with Crippen LogP contribution in [0.4, 0.5) is 5.69 Å². The van der Waals surface area contributed by atoms with Crippen molar-refractivity contribution in [3.05, 3.63) is 59.7 Å². The maximum absolute atomic E-state index is 13.0. The van der Waals surface area contributed by atoms with Crippen LogP contribution in [0.3, 0.4) is 0 Å². The van der Waals surface area contributed by atoms with E-state index in [1.807, 2.05) is 31.2 Å². The van der Waals surface area contributed by atoms with Gasteiger partial charge in [0.15, 0.2) is 0 Å². The van der Waals surface area contributed by atoms with Gasteiger partial charge in [0, 0.05) is 24.9 Å². The quantitative estimate of drug-likeness (QED) is 0.888. The fraction of sp³-hybridized carbons (Fsp3) is 0.278. The summed E-state index contributed by atoms with van der Waals surface area (Å²) in [7, 11) is -3.59. The molecule has 0 unspecified atom stereocenters. The number of carbonyl (C=O) groups excluding carboxylic acids is 1.